The summed E-state index contributed by atoms with van der Waals surface area (Å²) in [4.78, 5) is 8.26. The molecule has 0 amide bonds. The maximum atomic E-state index is 2.85. The van der Waals surface area contributed by atoms with Gasteiger partial charge >= 0.3 is 0 Å². The lowest BCUT2D eigenvalue weighted by Gasteiger charge is -2.65. The highest BCUT2D eigenvalue weighted by atomic mass is 15.3. The summed E-state index contributed by atoms with van der Waals surface area (Å²) in [6, 6.07) is 62.7. The van der Waals surface area contributed by atoms with Gasteiger partial charge in [0.25, 0.3) is 6.71 Å². The second kappa shape index (κ2) is 17.9. The van der Waals surface area contributed by atoms with Crippen LogP contribution >= 0.6 is 0 Å². The van der Waals surface area contributed by atoms with Crippen LogP contribution in [0.15, 0.2) is 158 Å². The van der Waals surface area contributed by atoms with Crippen molar-refractivity contribution in [2.75, 3.05) is 14.7 Å². The number of aryl methyl sites for hydroxylation is 1. The van der Waals surface area contributed by atoms with Crippen molar-refractivity contribution < 1.29 is 0 Å². The normalized spacial score (nSPS) is 20.9. The Kier molecular flexibility index (Phi) is 11.9. The van der Waals surface area contributed by atoms with Crippen LogP contribution in [0.4, 0.5) is 45.5 Å². The van der Waals surface area contributed by atoms with Crippen LogP contribution in [0.5, 0.6) is 0 Å². The van der Waals surface area contributed by atoms with Gasteiger partial charge in [0.2, 0.25) is 0 Å². The SMILES string of the molecule is Cc1cc2c3c(c1)N(c1ccc(C(C)(C)C)cc1-c1ccccc1)c1cc4c(cc1B3c1ccc(N3c5ccc(C(C)(C)C)cc5C5(C)C(C)(C)CCC(C)(C)C35C)cc1N2c1ccc(C(C)(C)C)cc1-c1ccccc1)CC(C)(C)C4. The van der Waals surface area contributed by atoms with Gasteiger partial charge in [-0.15, -0.1) is 0 Å². The van der Waals surface area contributed by atoms with Crippen molar-refractivity contribution in [1.29, 1.82) is 0 Å². The van der Waals surface area contributed by atoms with E-state index >= 15 is 0 Å². The molecule has 1 saturated carbocycles. The fourth-order valence-corrected chi connectivity index (χ4v) is 16.3. The zero-order valence-electron chi connectivity index (χ0n) is 52.8. The number of benzene rings is 8. The molecule has 4 heteroatoms. The molecule has 13 rings (SSSR count). The van der Waals surface area contributed by atoms with Crippen LogP contribution in [0.3, 0.4) is 0 Å². The molecule has 5 aliphatic rings. The molecule has 82 heavy (non-hydrogen) atoms. The first kappa shape index (κ1) is 54.5. The van der Waals surface area contributed by atoms with E-state index in [0.29, 0.717) is 0 Å². The first-order valence-electron chi connectivity index (χ1n) is 30.8. The van der Waals surface area contributed by atoms with E-state index < -0.39 is 0 Å². The monoisotopic (exact) mass is 1080 g/mol. The molecule has 2 atom stereocenters. The molecule has 2 unspecified atom stereocenters. The minimum Gasteiger partial charge on any atom is -0.334 e. The quantitative estimate of drug-likeness (QED) is 0.159. The molecule has 0 spiro atoms. The van der Waals surface area contributed by atoms with Crippen molar-refractivity contribution in [2.45, 2.75) is 178 Å². The molecule has 0 N–H and O–H groups in total. The van der Waals surface area contributed by atoms with E-state index in [-0.39, 0.29) is 50.2 Å². The summed E-state index contributed by atoms with van der Waals surface area (Å²) in [7, 11) is 0. The van der Waals surface area contributed by atoms with Crippen LogP contribution < -0.4 is 31.1 Å². The standard InChI is InChI=1S/C78H88BN3/c1-49-39-68-70-69(40-49)81(64-35-30-55(72(5,6)7)44-59(64)51-27-23-20-24-28-51)67-46-57(82-65-36-31-56(73(8,9)10)45-60(65)77(17)75(13,14)37-38-76(15,16)78(77,82)18)32-33-61(67)79(70)62-41-52-47-74(11,12)48-53(52)42-66(62)80(68)63-34-29-54(71(2,3)4)43-58(63)50-25-21-19-22-26-50/h19-36,39-46H,37-38,47-48H2,1-18H3. The van der Waals surface area contributed by atoms with Crippen LogP contribution in [0.1, 0.15) is 169 Å². The molecule has 418 valence electrons. The van der Waals surface area contributed by atoms with E-state index in [4.69, 9.17) is 0 Å². The van der Waals surface area contributed by atoms with E-state index in [1.807, 2.05) is 0 Å². The fraction of sp³-hybridized carbons (Fsp3) is 0.385. The third-order valence-corrected chi connectivity index (χ3v) is 21.6. The zero-order valence-corrected chi connectivity index (χ0v) is 52.8. The Bertz CT molecular complexity index is 3910. The highest BCUT2D eigenvalue weighted by molar-refractivity contribution is 7.00. The van der Waals surface area contributed by atoms with Crippen molar-refractivity contribution in [3.05, 3.63) is 197 Å². The first-order chi connectivity index (χ1) is 38.4. The van der Waals surface area contributed by atoms with Gasteiger partial charge in [0.05, 0.1) is 16.9 Å². The lowest BCUT2D eigenvalue weighted by molar-refractivity contribution is -0.0415. The van der Waals surface area contributed by atoms with Crippen LogP contribution in [0, 0.1) is 23.2 Å². The lowest BCUT2D eigenvalue weighted by atomic mass is 9.33. The Morgan fingerprint density at radius 2 is 0.878 bits per heavy atom. The van der Waals surface area contributed by atoms with Gasteiger partial charge in [0.1, 0.15) is 0 Å². The average molecular weight is 1080 g/mol. The molecule has 8 aromatic carbocycles. The van der Waals surface area contributed by atoms with E-state index in [9.17, 15) is 0 Å². The third kappa shape index (κ3) is 7.95. The molecule has 0 bridgehead atoms. The minimum atomic E-state index is -0.274. The number of anilines is 8. The Morgan fingerprint density at radius 1 is 0.415 bits per heavy atom. The molecule has 2 aliphatic carbocycles. The molecular weight excluding hydrogens is 990 g/mol. The van der Waals surface area contributed by atoms with Crippen molar-refractivity contribution in [3.63, 3.8) is 0 Å². The minimum absolute atomic E-state index is 0.0139. The summed E-state index contributed by atoms with van der Waals surface area (Å²) in [6.07, 6.45) is 4.46. The summed E-state index contributed by atoms with van der Waals surface area (Å²) in [5.41, 5.74) is 28.6. The summed E-state index contributed by atoms with van der Waals surface area (Å²) in [5.74, 6) is 0. The lowest BCUT2D eigenvalue weighted by Crippen LogP contribution is -2.69. The number of fused-ring (bicyclic) bond motifs is 8. The number of hydrogen-bond donors (Lipinski definition) is 0. The second-order valence-corrected chi connectivity index (χ2v) is 31.2. The summed E-state index contributed by atoms with van der Waals surface area (Å²) < 4.78 is 0. The number of hydrogen-bond acceptors (Lipinski definition) is 3. The summed E-state index contributed by atoms with van der Waals surface area (Å²) >= 11 is 0. The average Bonchev–Trinajstić information content (AvgIpc) is 2.84. The first-order valence-corrected chi connectivity index (χ1v) is 30.8. The maximum absolute atomic E-state index is 2.85. The van der Waals surface area contributed by atoms with Crippen LogP contribution in [0.2, 0.25) is 0 Å². The van der Waals surface area contributed by atoms with E-state index in [1.54, 1.807) is 0 Å². The summed E-state index contributed by atoms with van der Waals surface area (Å²) in [6.45, 7) is 44.0. The third-order valence-electron chi connectivity index (χ3n) is 21.6. The van der Waals surface area contributed by atoms with Gasteiger partial charge in [-0.05, 0) is 199 Å². The molecule has 0 aromatic heterocycles. The van der Waals surface area contributed by atoms with Gasteiger partial charge in [0.15, 0.2) is 0 Å². The zero-order chi connectivity index (χ0) is 58.2. The Hall–Kier alpha value is -6.78. The van der Waals surface area contributed by atoms with E-state index in [2.05, 4.69) is 297 Å². The van der Waals surface area contributed by atoms with Crippen molar-refractivity contribution in [2.24, 2.45) is 16.2 Å². The van der Waals surface area contributed by atoms with Gasteiger partial charge in [-0.3, -0.25) is 0 Å². The predicted octanol–water partition coefficient (Wildman–Crippen LogP) is 19.4. The van der Waals surface area contributed by atoms with Crippen molar-refractivity contribution >= 4 is 68.6 Å². The molecule has 1 fully saturated rings. The van der Waals surface area contributed by atoms with Crippen molar-refractivity contribution in [3.8, 4) is 22.3 Å². The molecular formula is C78H88BN3. The highest BCUT2D eigenvalue weighted by Crippen LogP contribution is 2.72. The van der Waals surface area contributed by atoms with Gasteiger partial charge in [-0.25, -0.2) is 0 Å². The topological polar surface area (TPSA) is 9.72 Å². The molecule has 3 aliphatic heterocycles. The van der Waals surface area contributed by atoms with E-state index in [0.717, 1.165) is 19.3 Å². The Balaban J connectivity index is 1.14. The van der Waals surface area contributed by atoms with Crippen LogP contribution in [-0.2, 0) is 34.5 Å². The molecule has 0 saturated heterocycles. The molecule has 8 aromatic rings. The van der Waals surface area contributed by atoms with Crippen molar-refractivity contribution in [1.82, 2.24) is 0 Å². The van der Waals surface area contributed by atoms with E-state index in [1.165, 1.54) is 130 Å². The number of nitrogens with zero attached hydrogens (tertiary/aromatic N) is 3. The van der Waals surface area contributed by atoms with Gasteiger partial charge in [-0.1, -0.05) is 208 Å². The Morgan fingerprint density at radius 3 is 1.39 bits per heavy atom. The van der Waals surface area contributed by atoms with Crippen LogP contribution in [-0.4, -0.2) is 12.3 Å². The largest absolute Gasteiger partial charge is 0.334 e. The summed E-state index contributed by atoms with van der Waals surface area (Å²) in [5, 5.41) is 0. The molecule has 0 radical (unpaired) electrons. The van der Waals surface area contributed by atoms with Gasteiger partial charge < -0.3 is 14.7 Å². The van der Waals surface area contributed by atoms with Crippen LogP contribution in [0.25, 0.3) is 22.3 Å². The van der Waals surface area contributed by atoms with Gasteiger partial charge in [0, 0.05) is 50.7 Å². The molecule has 3 nitrogen and oxygen atoms in total. The fourth-order valence-electron chi connectivity index (χ4n) is 16.3. The predicted molar refractivity (Wildman–Crippen MR) is 354 cm³/mol. The highest BCUT2D eigenvalue weighted by Gasteiger charge is 2.70. The molecule has 3 heterocycles. The Labute approximate surface area is 493 Å². The second-order valence-electron chi connectivity index (χ2n) is 31.2. The van der Waals surface area contributed by atoms with Gasteiger partial charge in [-0.2, -0.15) is 0 Å². The maximum Gasteiger partial charge on any atom is 0.252 e. The smallest absolute Gasteiger partial charge is 0.252 e. The number of rotatable bonds is 5.